The maximum atomic E-state index is 12.5. The number of nitrogens with zero attached hydrogens (tertiary/aromatic N) is 2. The Kier molecular flexibility index (Phi) is 3.95. The van der Waals surface area contributed by atoms with E-state index >= 15 is 0 Å². The largest absolute Gasteiger partial charge is 0.384 e. The quantitative estimate of drug-likeness (QED) is 0.923. The fourth-order valence-electron chi connectivity index (χ4n) is 2.06. The molecular formula is C15H16ClN3O. The van der Waals surface area contributed by atoms with Crippen molar-refractivity contribution in [1.82, 2.24) is 4.98 Å². The lowest BCUT2D eigenvalue weighted by molar-refractivity contribution is 0.0988. The molecule has 1 heterocycles. The number of anilines is 2. The zero-order chi connectivity index (χ0) is 14.9. The van der Waals surface area contributed by atoms with Crippen LogP contribution in [-0.2, 0) is 0 Å². The monoisotopic (exact) mass is 289 g/mol. The number of halogens is 1. The highest BCUT2D eigenvalue weighted by atomic mass is 35.5. The van der Waals surface area contributed by atoms with Gasteiger partial charge in [0.15, 0.2) is 0 Å². The number of aromatic nitrogens is 1. The van der Waals surface area contributed by atoms with Crippen molar-refractivity contribution in [2.45, 2.75) is 13.8 Å². The van der Waals surface area contributed by atoms with Crippen molar-refractivity contribution in [3.8, 4) is 0 Å². The lowest BCUT2D eigenvalue weighted by Crippen LogP contribution is -2.28. The Balaban J connectivity index is 2.40. The van der Waals surface area contributed by atoms with E-state index in [4.69, 9.17) is 17.3 Å². The first kappa shape index (κ1) is 14.3. The van der Waals surface area contributed by atoms with Crippen molar-refractivity contribution in [3.63, 3.8) is 0 Å². The van der Waals surface area contributed by atoms with Crippen LogP contribution in [0.25, 0.3) is 0 Å². The molecule has 2 N–H and O–H groups in total. The lowest BCUT2D eigenvalue weighted by atomic mass is 10.1. The van der Waals surface area contributed by atoms with Gasteiger partial charge < -0.3 is 10.6 Å². The number of aryl methyl sites for hydroxylation is 2. The van der Waals surface area contributed by atoms with Crippen molar-refractivity contribution in [2.24, 2.45) is 0 Å². The maximum absolute atomic E-state index is 12.5. The second kappa shape index (κ2) is 5.51. The molecule has 0 radical (unpaired) electrons. The molecule has 0 atom stereocenters. The molecule has 0 aliphatic carbocycles. The molecule has 0 spiro atoms. The summed E-state index contributed by atoms with van der Waals surface area (Å²) in [6.45, 7) is 3.97. The first-order chi connectivity index (χ1) is 9.40. The molecule has 0 aliphatic rings. The highest BCUT2D eigenvalue weighted by Crippen LogP contribution is 2.24. The number of benzene rings is 1. The normalized spacial score (nSPS) is 10.4. The van der Waals surface area contributed by atoms with Gasteiger partial charge in [-0.25, -0.2) is 4.98 Å². The Morgan fingerprint density at radius 1 is 1.25 bits per heavy atom. The van der Waals surface area contributed by atoms with Gasteiger partial charge in [-0.2, -0.15) is 0 Å². The van der Waals surface area contributed by atoms with Gasteiger partial charge in [0.05, 0.1) is 5.02 Å². The summed E-state index contributed by atoms with van der Waals surface area (Å²) in [6, 6.07) is 9.03. The molecule has 2 aromatic rings. The van der Waals surface area contributed by atoms with Crippen LogP contribution in [0.4, 0.5) is 11.5 Å². The summed E-state index contributed by atoms with van der Waals surface area (Å²) < 4.78 is 0. The molecule has 0 unspecified atom stereocenters. The maximum Gasteiger partial charge on any atom is 0.278 e. The van der Waals surface area contributed by atoms with E-state index < -0.39 is 0 Å². The van der Waals surface area contributed by atoms with Gasteiger partial charge in [-0.05, 0) is 37.6 Å². The fourth-order valence-corrected chi connectivity index (χ4v) is 2.24. The summed E-state index contributed by atoms with van der Waals surface area (Å²) in [5.74, 6) is -0.0129. The Morgan fingerprint density at radius 3 is 2.60 bits per heavy atom. The minimum atomic E-state index is -0.283. The standard InChI is InChI=1S/C15H16ClN3O/c1-9-4-6-12(10(2)8-9)19(3)15(20)14-11(16)5-7-13(17)18-14/h4-8H,1-3H3,(H2,17,18). The van der Waals surface area contributed by atoms with Gasteiger partial charge in [-0.3, -0.25) is 4.79 Å². The first-order valence-corrected chi connectivity index (χ1v) is 6.55. The number of nitrogens with two attached hydrogens (primary N) is 1. The Morgan fingerprint density at radius 2 is 1.95 bits per heavy atom. The highest BCUT2D eigenvalue weighted by molar-refractivity contribution is 6.34. The SMILES string of the molecule is Cc1ccc(N(C)C(=O)c2nc(N)ccc2Cl)c(C)c1. The van der Waals surface area contributed by atoms with Crippen LogP contribution in [-0.4, -0.2) is 17.9 Å². The zero-order valence-electron chi connectivity index (χ0n) is 11.6. The molecule has 1 aromatic heterocycles. The molecule has 0 saturated carbocycles. The summed E-state index contributed by atoms with van der Waals surface area (Å²) in [5, 5.41) is 0.292. The average molecular weight is 290 g/mol. The van der Waals surface area contributed by atoms with E-state index in [9.17, 15) is 4.79 Å². The van der Waals surface area contributed by atoms with E-state index in [1.54, 1.807) is 19.2 Å². The summed E-state index contributed by atoms with van der Waals surface area (Å²) in [5.41, 5.74) is 8.76. The van der Waals surface area contributed by atoms with E-state index in [0.29, 0.717) is 5.02 Å². The van der Waals surface area contributed by atoms with Gasteiger partial charge in [0.2, 0.25) is 0 Å². The molecule has 2 rings (SSSR count). The molecule has 5 heteroatoms. The number of carbonyl (C=O) groups is 1. The topological polar surface area (TPSA) is 59.2 Å². The Labute approximate surface area is 123 Å². The van der Waals surface area contributed by atoms with Crippen LogP contribution in [0.15, 0.2) is 30.3 Å². The van der Waals surface area contributed by atoms with Crippen LogP contribution in [0.5, 0.6) is 0 Å². The third kappa shape index (κ3) is 2.75. The molecule has 0 fully saturated rings. The predicted octanol–water partition coefficient (Wildman–Crippen LogP) is 3.21. The highest BCUT2D eigenvalue weighted by Gasteiger charge is 2.19. The van der Waals surface area contributed by atoms with Crippen LogP contribution in [0.1, 0.15) is 21.6 Å². The number of nitrogen functional groups attached to an aromatic ring is 1. The van der Waals surface area contributed by atoms with E-state index in [1.807, 2.05) is 32.0 Å². The zero-order valence-corrected chi connectivity index (χ0v) is 12.4. The number of carbonyl (C=O) groups excluding carboxylic acids is 1. The molecule has 0 aliphatic heterocycles. The van der Waals surface area contributed by atoms with Crippen LogP contribution in [0.2, 0.25) is 5.02 Å². The van der Waals surface area contributed by atoms with E-state index in [1.165, 1.54) is 4.90 Å². The molecule has 1 amide bonds. The third-order valence-electron chi connectivity index (χ3n) is 3.09. The van der Waals surface area contributed by atoms with E-state index in [0.717, 1.165) is 16.8 Å². The second-order valence-electron chi connectivity index (χ2n) is 4.72. The minimum Gasteiger partial charge on any atom is -0.384 e. The van der Waals surface area contributed by atoms with Gasteiger partial charge >= 0.3 is 0 Å². The van der Waals surface area contributed by atoms with Crippen LogP contribution in [0.3, 0.4) is 0 Å². The number of hydrogen-bond donors (Lipinski definition) is 1. The molecule has 0 bridgehead atoms. The van der Waals surface area contributed by atoms with Crippen LogP contribution >= 0.6 is 11.6 Å². The minimum absolute atomic E-state index is 0.161. The molecule has 4 nitrogen and oxygen atoms in total. The molecule has 0 saturated heterocycles. The smallest absolute Gasteiger partial charge is 0.278 e. The van der Waals surface area contributed by atoms with Gasteiger partial charge in [0.25, 0.3) is 5.91 Å². The van der Waals surface area contributed by atoms with Crippen LogP contribution < -0.4 is 10.6 Å². The third-order valence-corrected chi connectivity index (χ3v) is 3.39. The Bertz CT molecular complexity index is 670. The first-order valence-electron chi connectivity index (χ1n) is 6.17. The van der Waals surface area contributed by atoms with Gasteiger partial charge in [0, 0.05) is 12.7 Å². The second-order valence-corrected chi connectivity index (χ2v) is 5.13. The van der Waals surface area contributed by atoms with E-state index in [-0.39, 0.29) is 17.4 Å². The average Bonchev–Trinajstić information content (AvgIpc) is 2.40. The molecule has 1 aromatic carbocycles. The van der Waals surface area contributed by atoms with Crippen molar-refractivity contribution < 1.29 is 4.79 Å². The van der Waals surface area contributed by atoms with Gasteiger partial charge in [-0.1, -0.05) is 29.3 Å². The van der Waals surface area contributed by atoms with E-state index in [2.05, 4.69) is 4.98 Å². The fraction of sp³-hybridized carbons (Fsp3) is 0.200. The van der Waals surface area contributed by atoms with Crippen molar-refractivity contribution in [2.75, 3.05) is 17.7 Å². The van der Waals surface area contributed by atoms with Crippen molar-refractivity contribution >= 4 is 29.0 Å². The lowest BCUT2D eigenvalue weighted by Gasteiger charge is -2.20. The van der Waals surface area contributed by atoms with Crippen molar-refractivity contribution in [3.05, 3.63) is 52.2 Å². The molecular weight excluding hydrogens is 274 g/mol. The Hall–Kier alpha value is -2.07. The number of pyridine rings is 1. The van der Waals surface area contributed by atoms with Crippen LogP contribution in [0, 0.1) is 13.8 Å². The van der Waals surface area contributed by atoms with Gasteiger partial charge in [-0.15, -0.1) is 0 Å². The predicted molar refractivity (Wildman–Crippen MR) is 82.3 cm³/mol. The summed E-state index contributed by atoms with van der Waals surface area (Å²) in [6.07, 6.45) is 0. The van der Waals surface area contributed by atoms with Gasteiger partial charge in [0.1, 0.15) is 11.5 Å². The number of hydrogen-bond acceptors (Lipinski definition) is 3. The number of amides is 1. The molecule has 104 valence electrons. The summed E-state index contributed by atoms with van der Waals surface area (Å²) >= 11 is 6.02. The molecule has 20 heavy (non-hydrogen) atoms. The number of rotatable bonds is 2. The van der Waals surface area contributed by atoms with Crippen molar-refractivity contribution in [1.29, 1.82) is 0 Å². The summed E-state index contributed by atoms with van der Waals surface area (Å²) in [7, 11) is 1.70. The summed E-state index contributed by atoms with van der Waals surface area (Å²) in [4.78, 5) is 18.0.